The third-order valence-corrected chi connectivity index (χ3v) is 5.78. The molecule has 2 aromatic rings. The molecule has 1 aromatic heterocycles. The molecule has 0 spiro atoms. The number of hydrogen-bond acceptors (Lipinski definition) is 5. The topological polar surface area (TPSA) is 75.2 Å². The fourth-order valence-corrected chi connectivity index (χ4v) is 3.96. The SMILES string of the molecule is Cc1ccc(-c2snnc2C(=O)N2CCC[C@@H](C(=O)NC3CC3)C2)cc1. The molecule has 1 saturated carbocycles. The number of piperidine rings is 1. The largest absolute Gasteiger partial charge is 0.353 e. The van der Waals surface area contributed by atoms with E-state index in [0.29, 0.717) is 24.8 Å². The maximum Gasteiger partial charge on any atom is 0.275 e. The molecule has 0 radical (unpaired) electrons. The van der Waals surface area contributed by atoms with Gasteiger partial charge in [-0.1, -0.05) is 34.3 Å². The van der Waals surface area contributed by atoms with E-state index < -0.39 is 0 Å². The van der Waals surface area contributed by atoms with Gasteiger partial charge in [0.2, 0.25) is 5.91 Å². The lowest BCUT2D eigenvalue weighted by molar-refractivity contribution is -0.126. The van der Waals surface area contributed by atoms with Crippen LogP contribution in [0.25, 0.3) is 10.4 Å². The number of aromatic nitrogens is 2. The first-order valence-electron chi connectivity index (χ1n) is 9.11. The number of rotatable bonds is 4. The van der Waals surface area contributed by atoms with Crippen LogP contribution >= 0.6 is 11.5 Å². The third-order valence-electron chi connectivity index (χ3n) is 5.01. The fraction of sp³-hybridized carbons (Fsp3) is 0.474. The lowest BCUT2D eigenvalue weighted by atomic mass is 9.96. The Morgan fingerprint density at radius 3 is 2.69 bits per heavy atom. The summed E-state index contributed by atoms with van der Waals surface area (Å²) < 4.78 is 4.00. The highest BCUT2D eigenvalue weighted by Crippen LogP contribution is 2.29. The Morgan fingerprint density at radius 1 is 1.19 bits per heavy atom. The molecule has 0 unspecified atom stereocenters. The summed E-state index contributed by atoms with van der Waals surface area (Å²) in [6.45, 7) is 3.15. The molecule has 26 heavy (non-hydrogen) atoms. The Kier molecular flexibility index (Phi) is 4.72. The molecule has 4 rings (SSSR count). The zero-order valence-electron chi connectivity index (χ0n) is 14.8. The smallest absolute Gasteiger partial charge is 0.275 e. The highest BCUT2D eigenvalue weighted by atomic mass is 32.1. The Labute approximate surface area is 156 Å². The van der Waals surface area contributed by atoms with Crippen LogP contribution in [0.3, 0.4) is 0 Å². The van der Waals surface area contributed by atoms with E-state index in [9.17, 15) is 9.59 Å². The van der Waals surface area contributed by atoms with Gasteiger partial charge in [0, 0.05) is 19.1 Å². The van der Waals surface area contributed by atoms with Gasteiger partial charge in [-0.05, 0) is 49.7 Å². The van der Waals surface area contributed by atoms with Gasteiger partial charge < -0.3 is 10.2 Å². The molecule has 1 saturated heterocycles. The van der Waals surface area contributed by atoms with Crippen molar-refractivity contribution in [1.82, 2.24) is 19.8 Å². The van der Waals surface area contributed by atoms with Gasteiger partial charge in [-0.3, -0.25) is 9.59 Å². The van der Waals surface area contributed by atoms with E-state index in [-0.39, 0.29) is 17.7 Å². The first kappa shape index (κ1) is 17.1. The van der Waals surface area contributed by atoms with Gasteiger partial charge in [0.25, 0.3) is 5.91 Å². The lowest BCUT2D eigenvalue weighted by Gasteiger charge is -2.31. The van der Waals surface area contributed by atoms with Crippen molar-refractivity contribution in [3.05, 3.63) is 35.5 Å². The Balaban J connectivity index is 1.49. The minimum absolute atomic E-state index is 0.0835. The molecule has 2 aliphatic rings. The van der Waals surface area contributed by atoms with Gasteiger partial charge in [0.15, 0.2) is 5.69 Å². The zero-order chi connectivity index (χ0) is 18.1. The molecule has 2 amide bonds. The number of likely N-dealkylation sites (tertiary alicyclic amines) is 1. The summed E-state index contributed by atoms with van der Waals surface area (Å²) in [4.78, 5) is 27.9. The van der Waals surface area contributed by atoms with Crippen LogP contribution in [0.1, 0.15) is 41.7 Å². The van der Waals surface area contributed by atoms with Crippen molar-refractivity contribution >= 4 is 23.3 Å². The number of nitrogens with zero attached hydrogens (tertiary/aromatic N) is 3. The normalized spacial score (nSPS) is 20.0. The lowest BCUT2D eigenvalue weighted by Crippen LogP contribution is -2.46. The summed E-state index contributed by atoms with van der Waals surface area (Å²) in [5.74, 6) is -0.166. The maximum absolute atomic E-state index is 13.0. The molecule has 1 aliphatic heterocycles. The molecule has 1 aliphatic carbocycles. The highest BCUT2D eigenvalue weighted by Gasteiger charge is 2.33. The maximum atomic E-state index is 13.0. The summed E-state index contributed by atoms with van der Waals surface area (Å²) in [5, 5.41) is 7.15. The molecule has 2 heterocycles. The minimum atomic E-state index is -0.127. The molecule has 1 aromatic carbocycles. The predicted molar refractivity (Wildman–Crippen MR) is 99.9 cm³/mol. The van der Waals surface area contributed by atoms with Crippen LogP contribution in [0.4, 0.5) is 0 Å². The van der Waals surface area contributed by atoms with Crippen molar-refractivity contribution in [2.24, 2.45) is 5.92 Å². The summed E-state index contributed by atoms with van der Waals surface area (Å²) in [5.41, 5.74) is 2.51. The van der Waals surface area contributed by atoms with Gasteiger partial charge in [-0.25, -0.2) is 0 Å². The Hall–Kier alpha value is -2.28. The van der Waals surface area contributed by atoms with Crippen LogP contribution in [-0.2, 0) is 4.79 Å². The Morgan fingerprint density at radius 2 is 1.96 bits per heavy atom. The average Bonchev–Trinajstić information content (AvgIpc) is 3.34. The number of carbonyl (C=O) groups excluding carboxylic acids is 2. The third kappa shape index (κ3) is 3.62. The zero-order valence-corrected chi connectivity index (χ0v) is 15.6. The van der Waals surface area contributed by atoms with Crippen molar-refractivity contribution in [1.29, 1.82) is 0 Å². The van der Waals surface area contributed by atoms with Gasteiger partial charge in [-0.2, -0.15) is 0 Å². The molecule has 2 fully saturated rings. The van der Waals surface area contributed by atoms with E-state index in [2.05, 4.69) is 14.9 Å². The van der Waals surface area contributed by atoms with Crippen LogP contribution in [-0.4, -0.2) is 45.4 Å². The second kappa shape index (κ2) is 7.15. The molecule has 136 valence electrons. The van der Waals surface area contributed by atoms with E-state index in [4.69, 9.17) is 0 Å². The van der Waals surface area contributed by atoms with Crippen molar-refractivity contribution in [3.8, 4) is 10.4 Å². The van der Waals surface area contributed by atoms with Gasteiger partial charge in [-0.15, -0.1) is 5.10 Å². The first-order valence-corrected chi connectivity index (χ1v) is 9.88. The van der Waals surface area contributed by atoms with E-state index in [1.54, 1.807) is 4.90 Å². The number of hydrogen-bond donors (Lipinski definition) is 1. The predicted octanol–water partition coefficient (Wildman–Crippen LogP) is 2.64. The number of carbonyl (C=O) groups is 2. The standard InChI is InChI=1S/C19H22N4O2S/c1-12-4-6-13(7-5-12)17-16(21-22-26-17)19(25)23-10-2-3-14(11-23)18(24)20-15-8-9-15/h4-7,14-15H,2-3,8-11H2,1H3,(H,20,24)/t14-/m1/s1. The van der Waals surface area contributed by atoms with E-state index in [0.717, 1.165) is 36.1 Å². The number of aryl methyl sites for hydroxylation is 1. The van der Waals surface area contributed by atoms with Crippen molar-refractivity contribution in [2.75, 3.05) is 13.1 Å². The van der Waals surface area contributed by atoms with Crippen molar-refractivity contribution in [2.45, 2.75) is 38.6 Å². The molecule has 6 nitrogen and oxygen atoms in total. The quantitative estimate of drug-likeness (QED) is 0.898. The number of benzene rings is 1. The molecule has 0 bridgehead atoms. The van der Waals surface area contributed by atoms with Crippen molar-refractivity contribution in [3.63, 3.8) is 0 Å². The van der Waals surface area contributed by atoms with Gasteiger partial charge in [0.05, 0.1) is 10.8 Å². The fourth-order valence-electron chi connectivity index (χ4n) is 3.30. The van der Waals surface area contributed by atoms with Crippen LogP contribution in [0.15, 0.2) is 24.3 Å². The van der Waals surface area contributed by atoms with Crippen LogP contribution < -0.4 is 5.32 Å². The number of nitrogens with one attached hydrogen (secondary N) is 1. The first-order chi connectivity index (χ1) is 12.6. The monoisotopic (exact) mass is 370 g/mol. The summed E-state index contributed by atoms with van der Waals surface area (Å²) >= 11 is 1.24. The van der Waals surface area contributed by atoms with Gasteiger partial charge >= 0.3 is 0 Å². The van der Waals surface area contributed by atoms with Gasteiger partial charge in [0.1, 0.15) is 0 Å². The molecule has 1 atom stereocenters. The summed E-state index contributed by atoms with van der Waals surface area (Å²) in [7, 11) is 0. The second-order valence-electron chi connectivity index (χ2n) is 7.19. The van der Waals surface area contributed by atoms with Crippen LogP contribution in [0, 0.1) is 12.8 Å². The summed E-state index contributed by atoms with van der Waals surface area (Å²) in [6.07, 6.45) is 3.82. The highest BCUT2D eigenvalue weighted by molar-refractivity contribution is 7.09. The van der Waals surface area contributed by atoms with Crippen LogP contribution in [0.2, 0.25) is 0 Å². The summed E-state index contributed by atoms with van der Waals surface area (Å²) in [6, 6.07) is 8.36. The second-order valence-corrected chi connectivity index (χ2v) is 7.94. The van der Waals surface area contributed by atoms with E-state index >= 15 is 0 Å². The number of amides is 2. The minimum Gasteiger partial charge on any atom is -0.353 e. The molecule has 7 heteroatoms. The average molecular weight is 370 g/mol. The van der Waals surface area contributed by atoms with Crippen LogP contribution in [0.5, 0.6) is 0 Å². The van der Waals surface area contributed by atoms with E-state index in [1.165, 1.54) is 17.1 Å². The van der Waals surface area contributed by atoms with E-state index in [1.807, 2.05) is 31.2 Å². The molecule has 1 N–H and O–H groups in total. The Bertz CT molecular complexity index is 813. The molecular weight excluding hydrogens is 348 g/mol. The van der Waals surface area contributed by atoms with Crippen molar-refractivity contribution < 1.29 is 9.59 Å². The molecular formula is C19H22N4O2S.